The van der Waals surface area contributed by atoms with Crippen molar-refractivity contribution in [2.45, 2.75) is 18.9 Å². The van der Waals surface area contributed by atoms with E-state index in [2.05, 4.69) is 5.32 Å². The van der Waals surface area contributed by atoms with Gasteiger partial charge in [-0.25, -0.2) is 4.39 Å². The molecule has 0 bridgehead atoms. The van der Waals surface area contributed by atoms with Gasteiger partial charge in [-0.1, -0.05) is 66.4 Å². The van der Waals surface area contributed by atoms with Crippen molar-refractivity contribution in [3.63, 3.8) is 0 Å². The minimum absolute atomic E-state index is 0.0710. The van der Waals surface area contributed by atoms with Gasteiger partial charge < -0.3 is 10.4 Å². The number of nitrogens with zero attached hydrogens (tertiary/aromatic N) is 1. The van der Waals surface area contributed by atoms with Crippen LogP contribution in [0, 0.1) is 5.82 Å². The first-order chi connectivity index (χ1) is 14.5. The smallest absolute Gasteiger partial charge is 0.266 e. The molecule has 3 rings (SSSR count). The first kappa shape index (κ1) is 22.1. The summed E-state index contributed by atoms with van der Waals surface area (Å²) < 4.78 is 13.4. The second kappa shape index (κ2) is 10.5. The van der Waals surface area contributed by atoms with E-state index >= 15 is 0 Å². The number of rotatable bonds is 8. The van der Waals surface area contributed by atoms with Crippen molar-refractivity contribution in [2.75, 3.05) is 13.2 Å². The van der Waals surface area contributed by atoms with E-state index in [4.69, 9.17) is 12.2 Å². The van der Waals surface area contributed by atoms with Gasteiger partial charge in [0.2, 0.25) is 5.91 Å². The lowest BCUT2D eigenvalue weighted by Crippen LogP contribution is -2.41. The van der Waals surface area contributed by atoms with Gasteiger partial charge >= 0.3 is 0 Å². The van der Waals surface area contributed by atoms with Crippen LogP contribution in [-0.4, -0.2) is 45.3 Å². The zero-order valence-corrected chi connectivity index (χ0v) is 17.7. The first-order valence-corrected chi connectivity index (χ1v) is 10.6. The predicted octanol–water partition coefficient (Wildman–Crippen LogP) is 3.14. The van der Waals surface area contributed by atoms with Crippen LogP contribution in [0.25, 0.3) is 6.08 Å². The van der Waals surface area contributed by atoms with Crippen LogP contribution >= 0.6 is 24.0 Å². The number of halogens is 1. The number of thiocarbonyl (C=S) groups is 1. The molecule has 2 amide bonds. The molecule has 2 aromatic carbocycles. The van der Waals surface area contributed by atoms with Gasteiger partial charge in [0, 0.05) is 13.0 Å². The molecule has 1 aliphatic heterocycles. The van der Waals surface area contributed by atoms with E-state index in [1.807, 2.05) is 30.3 Å². The summed E-state index contributed by atoms with van der Waals surface area (Å²) in [5, 5.41) is 12.4. The molecule has 0 radical (unpaired) electrons. The number of hydrogen-bond acceptors (Lipinski definition) is 5. The molecule has 1 atom stereocenters. The van der Waals surface area contributed by atoms with Gasteiger partial charge in [-0.2, -0.15) is 0 Å². The summed E-state index contributed by atoms with van der Waals surface area (Å²) in [5.41, 5.74) is 1.71. The summed E-state index contributed by atoms with van der Waals surface area (Å²) in [7, 11) is 0. The molecule has 1 fully saturated rings. The zero-order valence-electron chi connectivity index (χ0n) is 16.1. The van der Waals surface area contributed by atoms with Gasteiger partial charge in [0.05, 0.1) is 17.6 Å². The Labute approximate surface area is 184 Å². The molecule has 0 spiro atoms. The summed E-state index contributed by atoms with van der Waals surface area (Å²) in [5.74, 6) is -0.883. The Kier molecular flexibility index (Phi) is 7.73. The fourth-order valence-electron chi connectivity index (χ4n) is 2.98. The second-order valence-corrected chi connectivity index (χ2v) is 8.45. The van der Waals surface area contributed by atoms with Crippen molar-refractivity contribution in [3.05, 3.63) is 76.4 Å². The highest BCUT2D eigenvalue weighted by Gasteiger charge is 2.32. The molecular formula is C22H21FN2O3S2. The first-order valence-electron chi connectivity index (χ1n) is 9.41. The quantitative estimate of drug-likeness (QED) is 0.484. The van der Waals surface area contributed by atoms with E-state index in [9.17, 15) is 19.1 Å². The Bertz CT molecular complexity index is 949. The van der Waals surface area contributed by atoms with Crippen LogP contribution in [0.5, 0.6) is 0 Å². The van der Waals surface area contributed by atoms with Crippen molar-refractivity contribution >= 4 is 46.2 Å². The van der Waals surface area contributed by atoms with Gasteiger partial charge in [0.25, 0.3) is 5.91 Å². The van der Waals surface area contributed by atoms with Crippen molar-refractivity contribution in [1.29, 1.82) is 0 Å². The van der Waals surface area contributed by atoms with Gasteiger partial charge in [-0.3, -0.25) is 14.5 Å². The van der Waals surface area contributed by atoms with E-state index in [0.717, 1.165) is 17.3 Å². The molecule has 0 saturated carbocycles. The largest absolute Gasteiger partial charge is 0.394 e. The van der Waals surface area contributed by atoms with Crippen LogP contribution in [0.3, 0.4) is 0 Å². The number of carbonyl (C=O) groups is 2. The lowest BCUT2D eigenvalue weighted by atomic mass is 10.1. The van der Waals surface area contributed by atoms with Crippen LogP contribution in [-0.2, 0) is 16.0 Å². The monoisotopic (exact) mass is 444 g/mol. The van der Waals surface area contributed by atoms with Crippen LogP contribution in [0.4, 0.5) is 4.39 Å². The molecule has 5 nitrogen and oxygen atoms in total. The van der Waals surface area contributed by atoms with E-state index < -0.39 is 6.04 Å². The molecule has 0 aliphatic carbocycles. The third kappa shape index (κ3) is 5.98. The van der Waals surface area contributed by atoms with Crippen molar-refractivity contribution in [2.24, 2.45) is 0 Å². The van der Waals surface area contributed by atoms with E-state index in [0.29, 0.717) is 21.2 Å². The van der Waals surface area contributed by atoms with Crippen molar-refractivity contribution in [1.82, 2.24) is 10.2 Å². The SMILES string of the molecule is O=C(CCN1C(=O)/C(=C\c2ccc(F)cc2)SC1=S)N[C@H](CO)Cc1ccccc1. The molecule has 0 unspecified atom stereocenters. The van der Waals surface area contributed by atoms with Crippen molar-refractivity contribution < 1.29 is 19.1 Å². The number of benzene rings is 2. The highest BCUT2D eigenvalue weighted by atomic mass is 32.2. The summed E-state index contributed by atoms with van der Waals surface area (Å²) in [6.07, 6.45) is 2.24. The van der Waals surface area contributed by atoms with Gasteiger partial charge in [0.1, 0.15) is 10.1 Å². The standard InChI is InChI=1S/C22H21FN2O3S2/c23-17-8-6-16(7-9-17)13-19-21(28)25(22(29)30-19)11-10-20(27)24-18(14-26)12-15-4-2-1-3-5-15/h1-9,13,18,26H,10-12,14H2,(H,24,27)/b19-13+/t18-/m0/s1. The lowest BCUT2D eigenvalue weighted by molar-refractivity contribution is -0.124. The minimum Gasteiger partial charge on any atom is -0.394 e. The number of hydrogen-bond donors (Lipinski definition) is 2. The number of nitrogens with one attached hydrogen (secondary N) is 1. The fourth-order valence-corrected chi connectivity index (χ4v) is 4.28. The predicted molar refractivity (Wildman–Crippen MR) is 120 cm³/mol. The highest BCUT2D eigenvalue weighted by Crippen LogP contribution is 2.32. The maximum Gasteiger partial charge on any atom is 0.266 e. The molecule has 2 aromatic rings. The highest BCUT2D eigenvalue weighted by molar-refractivity contribution is 8.26. The van der Waals surface area contributed by atoms with E-state index in [1.165, 1.54) is 17.0 Å². The summed E-state index contributed by atoms with van der Waals surface area (Å²) in [4.78, 5) is 26.8. The summed E-state index contributed by atoms with van der Waals surface area (Å²) in [6, 6.07) is 15.0. The Morgan fingerprint density at radius 1 is 1.20 bits per heavy atom. The van der Waals surface area contributed by atoms with Gasteiger partial charge in [-0.05, 0) is 35.8 Å². The molecule has 2 N–H and O–H groups in total. The van der Waals surface area contributed by atoms with Crippen LogP contribution in [0.1, 0.15) is 17.5 Å². The third-order valence-corrected chi connectivity index (χ3v) is 5.89. The number of amides is 2. The maximum absolute atomic E-state index is 13.0. The normalized spacial score (nSPS) is 16.2. The minimum atomic E-state index is -0.399. The Morgan fingerprint density at radius 3 is 2.57 bits per heavy atom. The topological polar surface area (TPSA) is 69.6 Å². The third-order valence-electron chi connectivity index (χ3n) is 4.51. The molecule has 156 valence electrons. The van der Waals surface area contributed by atoms with E-state index in [1.54, 1.807) is 18.2 Å². The number of carbonyl (C=O) groups excluding carboxylic acids is 2. The van der Waals surface area contributed by atoms with Gasteiger partial charge in [0.15, 0.2) is 0 Å². The summed E-state index contributed by atoms with van der Waals surface area (Å²) >= 11 is 6.43. The number of aliphatic hydroxyl groups excluding tert-OH is 1. The fraction of sp³-hybridized carbons (Fsp3) is 0.227. The molecule has 1 saturated heterocycles. The second-order valence-electron chi connectivity index (χ2n) is 6.77. The van der Waals surface area contributed by atoms with Crippen LogP contribution in [0.15, 0.2) is 59.5 Å². The van der Waals surface area contributed by atoms with Crippen LogP contribution in [0.2, 0.25) is 0 Å². The molecule has 1 aliphatic rings. The lowest BCUT2D eigenvalue weighted by Gasteiger charge is -2.18. The Hall–Kier alpha value is -2.55. The average Bonchev–Trinajstić information content (AvgIpc) is 3.01. The Morgan fingerprint density at radius 2 is 1.90 bits per heavy atom. The van der Waals surface area contributed by atoms with Crippen LogP contribution < -0.4 is 5.32 Å². The number of aliphatic hydroxyl groups is 1. The van der Waals surface area contributed by atoms with Gasteiger partial charge in [-0.15, -0.1) is 0 Å². The molecular weight excluding hydrogens is 423 g/mol. The Balaban J connectivity index is 1.54. The molecule has 30 heavy (non-hydrogen) atoms. The zero-order chi connectivity index (χ0) is 21.5. The van der Waals surface area contributed by atoms with E-state index in [-0.39, 0.29) is 37.2 Å². The summed E-state index contributed by atoms with van der Waals surface area (Å²) in [6.45, 7) is -0.0250. The molecule has 1 heterocycles. The van der Waals surface area contributed by atoms with Crippen molar-refractivity contribution in [3.8, 4) is 0 Å². The molecule has 8 heteroatoms. The maximum atomic E-state index is 13.0. The average molecular weight is 445 g/mol. The number of thioether (sulfide) groups is 1. The molecule has 0 aromatic heterocycles.